The number of H-pyrrole nitrogens is 1. The Balaban J connectivity index is 2.13. The van der Waals surface area contributed by atoms with Crippen LogP contribution >= 0.6 is 0 Å². The van der Waals surface area contributed by atoms with Crippen LogP contribution in [-0.2, 0) is 4.74 Å². The highest BCUT2D eigenvalue weighted by Crippen LogP contribution is 2.32. The molecule has 0 fully saturated rings. The number of carbonyl (C=O) groups excluding carboxylic acids is 1. The lowest BCUT2D eigenvalue weighted by molar-refractivity contribution is 0.168. The van der Waals surface area contributed by atoms with E-state index in [4.69, 9.17) is 4.74 Å². The van der Waals surface area contributed by atoms with Crippen LogP contribution in [0.1, 0.15) is 6.92 Å². The summed E-state index contributed by atoms with van der Waals surface area (Å²) in [6, 6.07) is 10.0. The third-order valence-electron chi connectivity index (χ3n) is 3.32. The topological polar surface area (TPSA) is 67.0 Å². The monoisotopic (exact) mass is 317 g/mol. The number of anilines is 1. The third-order valence-corrected chi connectivity index (χ3v) is 3.32. The van der Waals surface area contributed by atoms with Gasteiger partial charge in [-0.15, -0.1) is 0 Å². The highest BCUT2D eigenvalue weighted by Gasteiger charge is 2.20. The van der Waals surface area contributed by atoms with Crippen LogP contribution in [0, 0.1) is 11.6 Å². The number of amides is 1. The molecule has 2 aromatic carbocycles. The van der Waals surface area contributed by atoms with Crippen LogP contribution in [0.3, 0.4) is 0 Å². The number of hydrogen-bond acceptors (Lipinski definition) is 3. The van der Waals surface area contributed by atoms with Gasteiger partial charge in [0.1, 0.15) is 5.52 Å². The SMILES string of the molecule is CCOC(=O)Nc1n[nH]c2c(F)c(F)c(-c3ccccc3)cc12. The second-order valence-electron chi connectivity index (χ2n) is 4.76. The Bertz CT molecular complexity index is 863. The van der Waals surface area contributed by atoms with E-state index in [2.05, 4.69) is 15.5 Å². The van der Waals surface area contributed by atoms with E-state index < -0.39 is 17.7 Å². The molecule has 0 unspecified atom stereocenters. The van der Waals surface area contributed by atoms with Crippen molar-refractivity contribution in [1.82, 2.24) is 10.2 Å². The van der Waals surface area contributed by atoms with Gasteiger partial charge in [0.05, 0.1) is 6.61 Å². The molecular formula is C16H13F2N3O2. The van der Waals surface area contributed by atoms with Crippen molar-refractivity contribution in [1.29, 1.82) is 0 Å². The molecule has 1 aromatic heterocycles. The lowest BCUT2D eigenvalue weighted by atomic mass is 10.0. The van der Waals surface area contributed by atoms with Crippen molar-refractivity contribution in [2.45, 2.75) is 6.92 Å². The van der Waals surface area contributed by atoms with Gasteiger partial charge in [-0.05, 0) is 18.6 Å². The fourth-order valence-corrected chi connectivity index (χ4v) is 2.28. The second-order valence-corrected chi connectivity index (χ2v) is 4.76. The van der Waals surface area contributed by atoms with E-state index >= 15 is 0 Å². The van der Waals surface area contributed by atoms with E-state index in [1.807, 2.05) is 0 Å². The van der Waals surface area contributed by atoms with Crippen LogP contribution in [-0.4, -0.2) is 22.9 Å². The number of aromatic nitrogens is 2. The summed E-state index contributed by atoms with van der Waals surface area (Å²) in [5.74, 6) is -1.95. The quantitative estimate of drug-likeness (QED) is 0.765. The van der Waals surface area contributed by atoms with Crippen molar-refractivity contribution in [3.63, 3.8) is 0 Å². The Hall–Kier alpha value is -2.96. The number of nitrogens with one attached hydrogen (secondary N) is 2. The first-order valence-electron chi connectivity index (χ1n) is 6.97. The number of nitrogens with zero attached hydrogens (tertiary/aromatic N) is 1. The van der Waals surface area contributed by atoms with Crippen LogP contribution < -0.4 is 5.32 Å². The minimum atomic E-state index is -1.05. The molecule has 118 valence electrons. The molecule has 0 bridgehead atoms. The molecule has 0 atom stereocenters. The molecule has 0 radical (unpaired) electrons. The summed E-state index contributed by atoms with van der Waals surface area (Å²) >= 11 is 0. The van der Waals surface area contributed by atoms with Crippen molar-refractivity contribution in [3.05, 3.63) is 48.0 Å². The van der Waals surface area contributed by atoms with Gasteiger partial charge in [0.2, 0.25) is 0 Å². The predicted molar refractivity (Wildman–Crippen MR) is 82.1 cm³/mol. The van der Waals surface area contributed by atoms with E-state index in [9.17, 15) is 13.6 Å². The largest absolute Gasteiger partial charge is 0.450 e. The molecule has 2 N–H and O–H groups in total. The van der Waals surface area contributed by atoms with E-state index in [0.717, 1.165) is 0 Å². The van der Waals surface area contributed by atoms with Gasteiger partial charge >= 0.3 is 6.09 Å². The Morgan fingerprint density at radius 1 is 1.26 bits per heavy atom. The molecule has 0 aliphatic rings. The molecule has 3 rings (SSSR count). The summed E-state index contributed by atoms with van der Waals surface area (Å²) in [7, 11) is 0. The maximum absolute atomic E-state index is 14.3. The molecule has 1 amide bonds. The molecule has 0 aliphatic carbocycles. The maximum Gasteiger partial charge on any atom is 0.412 e. The lowest BCUT2D eigenvalue weighted by Gasteiger charge is -2.06. The minimum Gasteiger partial charge on any atom is -0.450 e. The number of halogens is 2. The first-order chi connectivity index (χ1) is 11.1. The van der Waals surface area contributed by atoms with Crippen molar-refractivity contribution >= 4 is 22.8 Å². The van der Waals surface area contributed by atoms with Crippen LogP contribution in [0.2, 0.25) is 0 Å². The summed E-state index contributed by atoms with van der Waals surface area (Å²) < 4.78 is 33.3. The van der Waals surface area contributed by atoms with E-state index in [1.54, 1.807) is 37.3 Å². The van der Waals surface area contributed by atoms with E-state index in [0.29, 0.717) is 5.56 Å². The normalized spacial score (nSPS) is 10.7. The summed E-state index contributed by atoms with van der Waals surface area (Å²) in [4.78, 5) is 11.5. The van der Waals surface area contributed by atoms with Gasteiger partial charge in [0.15, 0.2) is 17.5 Å². The predicted octanol–water partition coefficient (Wildman–Crippen LogP) is 4.08. The Morgan fingerprint density at radius 3 is 2.70 bits per heavy atom. The zero-order valence-electron chi connectivity index (χ0n) is 12.2. The minimum absolute atomic E-state index is 0.0783. The molecule has 3 aromatic rings. The number of rotatable bonds is 3. The molecule has 0 spiro atoms. The summed E-state index contributed by atoms with van der Waals surface area (Å²) in [5, 5.41) is 8.86. The van der Waals surface area contributed by atoms with Gasteiger partial charge < -0.3 is 4.74 Å². The molecule has 1 heterocycles. The summed E-state index contributed by atoms with van der Waals surface area (Å²) in [6.45, 7) is 1.84. The van der Waals surface area contributed by atoms with Crippen molar-refractivity contribution in [2.75, 3.05) is 11.9 Å². The van der Waals surface area contributed by atoms with Crippen LogP contribution in [0.25, 0.3) is 22.0 Å². The smallest absolute Gasteiger partial charge is 0.412 e. The molecule has 0 saturated carbocycles. The molecule has 7 heteroatoms. The number of ether oxygens (including phenoxy) is 1. The number of carbonyl (C=O) groups is 1. The van der Waals surface area contributed by atoms with Gasteiger partial charge in [-0.3, -0.25) is 10.4 Å². The zero-order valence-corrected chi connectivity index (χ0v) is 12.2. The standard InChI is InChI=1S/C16H13F2N3O2/c1-2-23-16(22)19-15-11-8-10(9-6-4-3-5-7-9)12(17)13(18)14(11)20-21-15/h3-8H,2H2,1H3,(H2,19,20,21,22). The van der Waals surface area contributed by atoms with E-state index in [-0.39, 0.29) is 28.9 Å². The third kappa shape index (κ3) is 2.73. The zero-order chi connectivity index (χ0) is 16.4. The average molecular weight is 317 g/mol. The molecule has 23 heavy (non-hydrogen) atoms. The lowest BCUT2D eigenvalue weighted by Crippen LogP contribution is -2.13. The number of hydrogen-bond donors (Lipinski definition) is 2. The highest BCUT2D eigenvalue weighted by atomic mass is 19.2. The Morgan fingerprint density at radius 2 is 2.00 bits per heavy atom. The first kappa shape index (κ1) is 15.0. The first-order valence-corrected chi connectivity index (χ1v) is 6.97. The van der Waals surface area contributed by atoms with Gasteiger partial charge in [-0.2, -0.15) is 5.10 Å². The summed E-state index contributed by atoms with van der Waals surface area (Å²) in [6.07, 6.45) is -0.716. The van der Waals surface area contributed by atoms with Crippen LogP contribution in [0.4, 0.5) is 19.4 Å². The fourth-order valence-electron chi connectivity index (χ4n) is 2.28. The highest BCUT2D eigenvalue weighted by molar-refractivity contribution is 5.99. The summed E-state index contributed by atoms with van der Waals surface area (Å²) in [5.41, 5.74) is 0.493. The maximum atomic E-state index is 14.3. The molecular weight excluding hydrogens is 304 g/mol. The van der Waals surface area contributed by atoms with Gasteiger partial charge in [0, 0.05) is 10.9 Å². The number of aromatic amines is 1. The second kappa shape index (κ2) is 6.04. The average Bonchev–Trinajstić information content (AvgIpc) is 2.95. The van der Waals surface area contributed by atoms with Crippen LogP contribution in [0.15, 0.2) is 36.4 Å². The van der Waals surface area contributed by atoms with Gasteiger partial charge in [-0.25, -0.2) is 13.6 Å². The van der Waals surface area contributed by atoms with Gasteiger partial charge in [0.25, 0.3) is 0 Å². The fraction of sp³-hybridized carbons (Fsp3) is 0.125. The van der Waals surface area contributed by atoms with Crippen molar-refractivity contribution < 1.29 is 18.3 Å². The van der Waals surface area contributed by atoms with Crippen molar-refractivity contribution in [3.8, 4) is 11.1 Å². The molecule has 0 aliphatic heterocycles. The number of fused-ring (bicyclic) bond motifs is 1. The van der Waals surface area contributed by atoms with Crippen molar-refractivity contribution in [2.24, 2.45) is 0 Å². The van der Waals surface area contributed by atoms with Crippen LogP contribution in [0.5, 0.6) is 0 Å². The molecule has 0 saturated heterocycles. The van der Waals surface area contributed by atoms with Gasteiger partial charge in [-0.1, -0.05) is 30.3 Å². The molecule has 5 nitrogen and oxygen atoms in total. The Kier molecular flexibility index (Phi) is 3.92. The number of benzene rings is 2. The Labute approximate surface area is 130 Å². The van der Waals surface area contributed by atoms with E-state index in [1.165, 1.54) is 6.07 Å².